The van der Waals surface area contributed by atoms with E-state index < -0.39 is 17.8 Å². The molecule has 5 rings (SSSR count). The molecule has 1 aromatic rings. The predicted molar refractivity (Wildman–Crippen MR) is 84.0 cm³/mol. The lowest BCUT2D eigenvalue weighted by Crippen LogP contribution is -2.48. The number of ether oxygens (including phenoxy) is 1. The maximum Gasteiger partial charge on any atom is 0.307 e. The van der Waals surface area contributed by atoms with E-state index in [4.69, 9.17) is 4.74 Å². The predicted octanol–water partition coefficient (Wildman–Crippen LogP) is 2.40. The Balaban J connectivity index is 1.56. The minimum atomic E-state index is -0.857. The summed E-state index contributed by atoms with van der Waals surface area (Å²) in [6, 6.07) is 7.08. The van der Waals surface area contributed by atoms with Crippen molar-refractivity contribution in [3.05, 3.63) is 36.4 Å². The molecule has 1 amide bonds. The molecule has 120 valence electrons. The molecule has 0 spiro atoms. The first-order valence-electron chi connectivity index (χ1n) is 7.96. The zero-order chi connectivity index (χ0) is 16.1. The first-order chi connectivity index (χ1) is 11.1. The van der Waals surface area contributed by atoms with E-state index in [1.165, 1.54) is 0 Å². The number of carboxylic acids is 1. The highest BCUT2D eigenvalue weighted by Crippen LogP contribution is 2.63. The fourth-order valence-corrected chi connectivity index (χ4v) is 4.47. The molecule has 4 aliphatic carbocycles. The zero-order valence-electron chi connectivity index (χ0n) is 12.8. The number of amides is 1. The molecule has 5 nitrogen and oxygen atoms in total. The van der Waals surface area contributed by atoms with Gasteiger partial charge in [0.05, 0.1) is 18.9 Å². The van der Waals surface area contributed by atoms with Crippen molar-refractivity contribution in [1.29, 1.82) is 0 Å². The van der Waals surface area contributed by atoms with Crippen LogP contribution in [0.2, 0.25) is 0 Å². The van der Waals surface area contributed by atoms with Crippen LogP contribution in [0.25, 0.3) is 0 Å². The van der Waals surface area contributed by atoms with Gasteiger partial charge < -0.3 is 15.2 Å². The van der Waals surface area contributed by atoms with Gasteiger partial charge in [0.25, 0.3) is 0 Å². The van der Waals surface area contributed by atoms with Gasteiger partial charge in [-0.3, -0.25) is 9.59 Å². The Morgan fingerprint density at radius 2 is 1.70 bits per heavy atom. The van der Waals surface area contributed by atoms with E-state index in [0.29, 0.717) is 23.3 Å². The lowest BCUT2D eigenvalue weighted by molar-refractivity contribution is -0.152. The Bertz CT molecular complexity index is 681. The lowest BCUT2D eigenvalue weighted by Gasteiger charge is -2.41. The third kappa shape index (κ3) is 2.22. The Labute approximate surface area is 134 Å². The second-order valence-corrected chi connectivity index (χ2v) is 6.71. The number of allylic oxidation sites excluding steroid dienone is 2. The summed E-state index contributed by atoms with van der Waals surface area (Å²) in [4.78, 5) is 24.5. The minimum absolute atomic E-state index is 0.00844. The van der Waals surface area contributed by atoms with Crippen molar-refractivity contribution in [1.82, 2.24) is 0 Å². The average molecular weight is 313 g/mol. The average Bonchev–Trinajstić information content (AvgIpc) is 3.37. The van der Waals surface area contributed by atoms with Gasteiger partial charge in [-0.1, -0.05) is 12.2 Å². The highest BCUT2D eigenvalue weighted by Gasteiger charge is 2.62. The topological polar surface area (TPSA) is 75.6 Å². The van der Waals surface area contributed by atoms with Crippen LogP contribution in [0.5, 0.6) is 5.75 Å². The number of carbonyl (C=O) groups is 2. The molecule has 0 unspecified atom stereocenters. The summed E-state index contributed by atoms with van der Waals surface area (Å²) in [6.45, 7) is 0. The summed E-state index contributed by atoms with van der Waals surface area (Å²) in [5.74, 6) is -0.383. The highest BCUT2D eigenvalue weighted by atomic mass is 16.5. The van der Waals surface area contributed by atoms with E-state index in [1.54, 1.807) is 31.4 Å². The number of nitrogens with one attached hydrogen (secondary N) is 1. The largest absolute Gasteiger partial charge is 0.497 e. The van der Waals surface area contributed by atoms with Gasteiger partial charge >= 0.3 is 5.97 Å². The molecule has 2 N–H and O–H groups in total. The molecular formula is C18H19NO4. The lowest BCUT2D eigenvalue weighted by atomic mass is 9.62. The first kappa shape index (κ1) is 14.3. The summed E-state index contributed by atoms with van der Waals surface area (Å²) in [7, 11) is 1.59. The number of carbonyl (C=O) groups excluding carboxylic acids is 1. The van der Waals surface area contributed by atoms with Crippen LogP contribution in [-0.2, 0) is 9.59 Å². The molecule has 0 radical (unpaired) electrons. The molecule has 2 fully saturated rings. The van der Waals surface area contributed by atoms with Gasteiger partial charge in [-0.05, 0) is 54.4 Å². The van der Waals surface area contributed by atoms with Gasteiger partial charge in [0, 0.05) is 5.69 Å². The number of methoxy groups -OCH3 is 1. The van der Waals surface area contributed by atoms with Gasteiger partial charge in [0.1, 0.15) is 5.75 Å². The monoisotopic (exact) mass is 313 g/mol. The first-order valence-corrected chi connectivity index (χ1v) is 7.96. The molecule has 23 heavy (non-hydrogen) atoms. The highest BCUT2D eigenvalue weighted by molar-refractivity contribution is 5.96. The van der Waals surface area contributed by atoms with Crippen LogP contribution in [0.4, 0.5) is 5.69 Å². The number of hydrogen-bond acceptors (Lipinski definition) is 3. The fourth-order valence-electron chi connectivity index (χ4n) is 4.47. The maximum atomic E-state index is 12.8. The number of rotatable bonds is 4. The third-order valence-electron chi connectivity index (χ3n) is 5.60. The summed E-state index contributed by atoms with van der Waals surface area (Å²) in [5, 5.41) is 12.5. The van der Waals surface area contributed by atoms with Gasteiger partial charge in [-0.25, -0.2) is 0 Å². The number of anilines is 1. The molecular weight excluding hydrogens is 294 g/mol. The summed E-state index contributed by atoms with van der Waals surface area (Å²) in [6.07, 6.45) is 5.14. The maximum absolute atomic E-state index is 12.8. The number of aliphatic carboxylic acids is 1. The van der Waals surface area contributed by atoms with Crippen molar-refractivity contribution in [2.45, 2.75) is 6.42 Å². The third-order valence-corrected chi connectivity index (χ3v) is 5.60. The van der Waals surface area contributed by atoms with Crippen molar-refractivity contribution >= 4 is 17.6 Å². The Morgan fingerprint density at radius 3 is 2.26 bits per heavy atom. The Kier molecular flexibility index (Phi) is 3.18. The summed E-state index contributed by atoms with van der Waals surface area (Å²) >= 11 is 0. The second-order valence-electron chi connectivity index (χ2n) is 6.71. The van der Waals surface area contributed by atoms with E-state index in [9.17, 15) is 14.7 Å². The SMILES string of the molecule is COc1ccc(NC(=O)[C@H]2[C@@H]3C=C[C@H]([C@H]4C[C@H]34)[C@@H]2C(=O)O)cc1. The number of hydrogen-bond donors (Lipinski definition) is 2. The number of carboxylic acid groups (broad SMARTS) is 1. The standard InChI is InChI=1S/C18H19NO4/c1-23-10-4-2-9(3-5-10)19-17(20)15-11-6-7-12(14-8-13(11)14)16(15)18(21)22/h2-7,11-16H,8H2,1H3,(H,19,20)(H,21,22)/t11-,12-,13-,14-,15+,16+/m1/s1. The fraction of sp³-hybridized carbons (Fsp3) is 0.444. The van der Waals surface area contributed by atoms with Crippen LogP contribution in [0, 0.1) is 35.5 Å². The molecule has 2 saturated carbocycles. The molecule has 5 heteroatoms. The van der Waals surface area contributed by atoms with Gasteiger partial charge in [0.2, 0.25) is 5.91 Å². The summed E-state index contributed by atoms with van der Waals surface area (Å²) < 4.78 is 5.10. The molecule has 4 aliphatic rings. The van der Waals surface area contributed by atoms with E-state index in [-0.39, 0.29) is 17.7 Å². The summed E-state index contributed by atoms with van der Waals surface area (Å²) in [5.41, 5.74) is 0.665. The normalized spacial score (nSPS) is 36.2. The van der Waals surface area contributed by atoms with Crippen molar-refractivity contribution < 1.29 is 19.4 Å². The molecule has 1 aromatic carbocycles. The van der Waals surface area contributed by atoms with Gasteiger partial charge in [-0.2, -0.15) is 0 Å². The Hall–Kier alpha value is -2.30. The van der Waals surface area contributed by atoms with E-state index in [1.807, 2.05) is 6.08 Å². The van der Waals surface area contributed by atoms with Gasteiger partial charge in [0.15, 0.2) is 0 Å². The van der Waals surface area contributed by atoms with Crippen molar-refractivity contribution in [3.63, 3.8) is 0 Å². The van der Waals surface area contributed by atoms with Crippen LogP contribution in [0.3, 0.4) is 0 Å². The molecule has 6 atom stereocenters. The van der Waals surface area contributed by atoms with Crippen LogP contribution < -0.4 is 10.1 Å². The quantitative estimate of drug-likeness (QED) is 0.837. The van der Waals surface area contributed by atoms with Crippen LogP contribution in [-0.4, -0.2) is 24.1 Å². The van der Waals surface area contributed by atoms with E-state index >= 15 is 0 Å². The molecule has 0 saturated heterocycles. The van der Waals surface area contributed by atoms with Crippen LogP contribution >= 0.6 is 0 Å². The number of fused-ring (bicyclic) bond motifs is 1. The molecule has 2 bridgehead atoms. The second kappa shape index (κ2) is 5.11. The van der Waals surface area contributed by atoms with Crippen LogP contribution in [0.1, 0.15) is 6.42 Å². The molecule has 0 aliphatic heterocycles. The van der Waals surface area contributed by atoms with Gasteiger partial charge in [-0.15, -0.1) is 0 Å². The Morgan fingerprint density at radius 1 is 1.09 bits per heavy atom. The van der Waals surface area contributed by atoms with Crippen molar-refractivity contribution in [2.24, 2.45) is 35.5 Å². The number of benzene rings is 1. The van der Waals surface area contributed by atoms with E-state index in [0.717, 1.165) is 6.42 Å². The smallest absolute Gasteiger partial charge is 0.307 e. The minimum Gasteiger partial charge on any atom is -0.497 e. The molecule has 0 aromatic heterocycles. The molecule has 0 heterocycles. The zero-order valence-corrected chi connectivity index (χ0v) is 12.8. The van der Waals surface area contributed by atoms with Crippen LogP contribution in [0.15, 0.2) is 36.4 Å². The van der Waals surface area contributed by atoms with Crippen molar-refractivity contribution in [2.75, 3.05) is 12.4 Å². The van der Waals surface area contributed by atoms with E-state index in [2.05, 4.69) is 11.4 Å². The van der Waals surface area contributed by atoms with Crippen molar-refractivity contribution in [3.8, 4) is 5.75 Å².